The normalized spacial score (nSPS) is 13.9. The van der Waals surface area contributed by atoms with E-state index in [1.54, 1.807) is 6.20 Å². The van der Waals surface area contributed by atoms with Gasteiger partial charge in [0.05, 0.1) is 0 Å². The molecular weight excluding hydrogens is 260 g/mol. The van der Waals surface area contributed by atoms with E-state index in [2.05, 4.69) is 4.98 Å². The van der Waals surface area contributed by atoms with Crippen molar-refractivity contribution in [1.82, 2.24) is 9.55 Å². The van der Waals surface area contributed by atoms with Crippen molar-refractivity contribution in [2.45, 2.75) is 12.5 Å². The average Bonchev–Trinajstić information content (AvgIpc) is 2.95. The van der Waals surface area contributed by atoms with Crippen LogP contribution in [0, 0.1) is 6.92 Å². The molecule has 0 aliphatic rings. The number of benzene rings is 2. The molecule has 3 aromatic rings. The molecule has 0 bridgehead atoms. The summed E-state index contributed by atoms with van der Waals surface area (Å²) in [5.74, 6) is 0.609. The van der Waals surface area contributed by atoms with Gasteiger partial charge >= 0.3 is 0 Å². The van der Waals surface area contributed by atoms with Gasteiger partial charge in [-0.15, -0.1) is 0 Å². The SMILES string of the molecule is Cc1ccc([C@](O)(c2ccccc2)c2nccn2C)cc1. The Balaban J connectivity index is 2.25. The van der Waals surface area contributed by atoms with Gasteiger partial charge in [0.15, 0.2) is 5.60 Å². The number of aryl methyl sites for hydroxylation is 2. The van der Waals surface area contributed by atoms with Crippen LogP contribution in [0.2, 0.25) is 0 Å². The van der Waals surface area contributed by atoms with E-state index < -0.39 is 5.60 Å². The fraction of sp³-hybridized carbons (Fsp3) is 0.167. The molecule has 0 amide bonds. The summed E-state index contributed by atoms with van der Waals surface area (Å²) in [7, 11) is 1.89. The molecule has 1 atom stereocenters. The Hall–Kier alpha value is -2.39. The Morgan fingerprint density at radius 1 is 0.952 bits per heavy atom. The van der Waals surface area contributed by atoms with E-state index in [0.29, 0.717) is 5.82 Å². The van der Waals surface area contributed by atoms with Gasteiger partial charge in [0.25, 0.3) is 0 Å². The number of hydrogen-bond acceptors (Lipinski definition) is 2. The van der Waals surface area contributed by atoms with Crippen LogP contribution in [0.5, 0.6) is 0 Å². The van der Waals surface area contributed by atoms with Crippen LogP contribution >= 0.6 is 0 Å². The van der Waals surface area contributed by atoms with E-state index in [1.165, 1.54) is 0 Å². The van der Waals surface area contributed by atoms with E-state index in [-0.39, 0.29) is 0 Å². The Labute approximate surface area is 124 Å². The van der Waals surface area contributed by atoms with Gasteiger partial charge in [-0.05, 0) is 18.1 Å². The number of imidazole rings is 1. The monoisotopic (exact) mass is 278 g/mol. The molecule has 21 heavy (non-hydrogen) atoms. The fourth-order valence-corrected chi connectivity index (χ4v) is 2.61. The molecule has 0 saturated heterocycles. The maximum Gasteiger partial charge on any atom is 0.173 e. The summed E-state index contributed by atoms with van der Waals surface area (Å²) < 4.78 is 1.85. The van der Waals surface area contributed by atoms with Gasteiger partial charge in [-0.1, -0.05) is 60.2 Å². The van der Waals surface area contributed by atoms with E-state index in [4.69, 9.17) is 0 Å². The summed E-state index contributed by atoms with van der Waals surface area (Å²) in [6.07, 6.45) is 3.55. The summed E-state index contributed by atoms with van der Waals surface area (Å²) >= 11 is 0. The van der Waals surface area contributed by atoms with Crippen molar-refractivity contribution in [2.75, 3.05) is 0 Å². The average molecular weight is 278 g/mol. The van der Waals surface area contributed by atoms with Gasteiger partial charge in [-0.2, -0.15) is 0 Å². The van der Waals surface area contributed by atoms with Crippen molar-refractivity contribution >= 4 is 0 Å². The molecule has 3 nitrogen and oxygen atoms in total. The molecule has 1 N–H and O–H groups in total. The van der Waals surface area contributed by atoms with Crippen LogP contribution in [0.1, 0.15) is 22.5 Å². The molecule has 0 spiro atoms. The van der Waals surface area contributed by atoms with E-state index in [0.717, 1.165) is 16.7 Å². The van der Waals surface area contributed by atoms with Gasteiger partial charge in [0.1, 0.15) is 5.82 Å². The number of rotatable bonds is 3. The van der Waals surface area contributed by atoms with Crippen molar-refractivity contribution < 1.29 is 5.11 Å². The molecule has 1 aromatic heterocycles. The molecule has 3 heteroatoms. The topological polar surface area (TPSA) is 38.1 Å². The van der Waals surface area contributed by atoms with E-state index >= 15 is 0 Å². The van der Waals surface area contributed by atoms with Crippen molar-refractivity contribution in [1.29, 1.82) is 0 Å². The summed E-state index contributed by atoms with van der Waals surface area (Å²) in [4.78, 5) is 4.38. The Morgan fingerprint density at radius 3 is 2.14 bits per heavy atom. The molecule has 0 radical (unpaired) electrons. The summed E-state index contributed by atoms with van der Waals surface area (Å²) in [5.41, 5.74) is 1.53. The van der Waals surface area contributed by atoms with Gasteiger partial charge in [0, 0.05) is 19.4 Å². The smallest absolute Gasteiger partial charge is 0.173 e. The molecule has 0 saturated carbocycles. The van der Waals surface area contributed by atoms with Crippen LogP contribution in [0.3, 0.4) is 0 Å². The lowest BCUT2D eigenvalue weighted by Crippen LogP contribution is -2.32. The van der Waals surface area contributed by atoms with Crippen LogP contribution in [-0.4, -0.2) is 14.7 Å². The standard InChI is InChI=1S/C18H18N2O/c1-14-8-10-16(11-9-14)18(21,15-6-4-3-5-7-15)17-19-12-13-20(17)2/h3-13,21H,1-2H3/t18-/m1/s1. The lowest BCUT2D eigenvalue weighted by atomic mass is 9.85. The first-order valence-electron chi connectivity index (χ1n) is 6.95. The minimum Gasteiger partial charge on any atom is -0.373 e. The maximum absolute atomic E-state index is 11.5. The third-order valence-electron chi connectivity index (χ3n) is 3.81. The minimum atomic E-state index is -1.26. The molecule has 2 aromatic carbocycles. The number of nitrogens with zero attached hydrogens (tertiary/aromatic N) is 2. The van der Waals surface area contributed by atoms with Crippen LogP contribution < -0.4 is 0 Å². The number of aliphatic hydroxyl groups is 1. The van der Waals surface area contributed by atoms with E-state index in [1.807, 2.05) is 79.3 Å². The minimum absolute atomic E-state index is 0.609. The quantitative estimate of drug-likeness (QED) is 0.799. The van der Waals surface area contributed by atoms with Crippen molar-refractivity contribution in [3.63, 3.8) is 0 Å². The van der Waals surface area contributed by atoms with Crippen molar-refractivity contribution in [3.05, 3.63) is 89.5 Å². The summed E-state index contributed by atoms with van der Waals surface area (Å²) in [5, 5.41) is 11.5. The van der Waals surface area contributed by atoms with Crippen LogP contribution in [-0.2, 0) is 12.6 Å². The van der Waals surface area contributed by atoms with Crippen LogP contribution in [0.25, 0.3) is 0 Å². The predicted molar refractivity (Wildman–Crippen MR) is 82.9 cm³/mol. The molecule has 0 unspecified atom stereocenters. The second-order valence-corrected chi connectivity index (χ2v) is 5.30. The second-order valence-electron chi connectivity index (χ2n) is 5.30. The molecule has 106 valence electrons. The first kappa shape index (κ1) is 13.6. The Kier molecular flexibility index (Phi) is 3.35. The van der Waals surface area contributed by atoms with Gasteiger partial charge in [0.2, 0.25) is 0 Å². The zero-order chi connectivity index (χ0) is 14.9. The predicted octanol–water partition coefficient (Wildman–Crippen LogP) is 3.01. The second kappa shape index (κ2) is 5.19. The molecule has 1 heterocycles. The van der Waals surface area contributed by atoms with Crippen molar-refractivity contribution in [2.24, 2.45) is 7.05 Å². The number of hydrogen-bond donors (Lipinski definition) is 1. The first-order valence-corrected chi connectivity index (χ1v) is 6.95. The highest BCUT2D eigenvalue weighted by molar-refractivity contribution is 5.43. The van der Waals surface area contributed by atoms with Gasteiger partial charge in [-0.25, -0.2) is 4.98 Å². The zero-order valence-corrected chi connectivity index (χ0v) is 12.2. The third kappa shape index (κ3) is 2.26. The van der Waals surface area contributed by atoms with Crippen molar-refractivity contribution in [3.8, 4) is 0 Å². The highest BCUT2D eigenvalue weighted by atomic mass is 16.3. The van der Waals surface area contributed by atoms with Crippen LogP contribution in [0.15, 0.2) is 67.0 Å². The third-order valence-corrected chi connectivity index (χ3v) is 3.81. The molecule has 0 aliphatic heterocycles. The maximum atomic E-state index is 11.5. The highest BCUT2D eigenvalue weighted by Crippen LogP contribution is 2.35. The van der Waals surface area contributed by atoms with Crippen LogP contribution in [0.4, 0.5) is 0 Å². The highest BCUT2D eigenvalue weighted by Gasteiger charge is 2.37. The fourth-order valence-electron chi connectivity index (χ4n) is 2.61. The van der Waals surface area contributed by atoms with E-state index in [9.17, 15) is 5.11 Å². The summed E-state index contributed by atoms with van der Waals surface area (Å²) in [6, 6.07) is 17.6. The molecule has 0 fully saturated rings. The summed E-state index contributed by atoms with van der Waals surface area (Å²) in [6.45, 7) is 2.03. The number of aromatic nitrogens is 2. The largest absolute Gasteiger partial charge is 0.373 e. The zero-order valence-electron chi connectivity index (χ0n) is 12.2. The lowest BCUT2D eigenvalue weighted by molar-refractivity contribution is 0.112. The first-order chi connectivity index (χ1) is 10.1. The Bertz CT molecular complexity index is 731. The molecule has 0 aliphatic carbocycles. The molecular formula is C18H18N2O. The lowest BCUT2D eigenvalue weighted by Gasteiger charge is -2.29. The molecule has 3 rings (SSSR count). The van der Waals surface area contributed by atoms with Gasteiger partial charge in [-0.3, -0.25) is 0 Å². The Morgan fingerprint density at radius 2 is 1.57 bits per heavy atom. The van der Waals surface area contributed by atoms with Gasteiger partial charge < -0.3 is 9.67 Å².